The Bertz CT molecular complexity index is 750. The van der Waals surface area contributed by atoms with Crippen LogP contribution in [0.15, 0.2) is 12.1 Å². The number of carbonyl (C=O) groups is 2. The lowest BCUT2D eigenvalue weighted by Crippen LogP contribution is -2.34. The lowest BCUT2D eigenvalue weighted by atomic mass is 9.82. The second-order valence-corrected chi connectivity index (χ2v) is 7.67. The molecular weight excluding hydrogens is 325 g/mol. The smallest absolute Gasteiger partial charge is 0.321 e. The van der Waals surface area contributed by atoms with Crippen molar-refractivity contribution in [2.45, 2.75) is 19.3 Å². The van der Waals surface area contributed by atoms with Crippen molar-refractivity contribution in [3.8, 4) is 5.75 Å². The number of benzene rings is 1. The monoisotopic (exact) mass is 345 g/mol. The van der Waals surface area contributed by atoms with Gasteiger partial charge >= 0.3 is 6.03 Å². The fourth-order valence-electron chi connectivity index (χ4n) is 5.28. The fourth-order valence-corrected chi connectivity index (χ4v) is 5.28. The summed E-state index contributed by atoms with van der Waals surface area (Å²) in [6.45, 7) is 1.39. The quantitative estimate of drug-likeness (QED) is 0.822. The van der Waals surface area contributed by atoms with Gasteiger partial charge in [0.25, 0.3) is 5.91 Å². The number of halogens is 1. The van der Waals surface area contributed by atoms with Crippen LogP contribution in [0.2, 0.25) is 0 Å². The van der Waals surface area contributed by atoms with Crippen LogP contribution in [-0.2, 0) is 4.79 Å². The highest BCUT2D eigenvalue weighted by Crippen LogP contribution is 2.55. The van der Waals surface area contributed by atoms with Gasteiger partial charge in [-0.15, -0.1) is 0 Å². The number of likely N-dealkylation sites (tertiary alicyclic amines) is 1. The Balaban J connectivity index is 1.31. The van der Waals surface area contributed by atoms with Gasteiger partial charge in [0, 0.05) is 24.8 Å². The summed E-state index contributed by atoms with van der Waals surface area (Å²) in [4.78, 5) is 25.9. The van der Waals surface area contributed by atoms with Crippen LogP contribution in [0, 0.1) is 29.5 Å². The second-order valence-electron chi connectivity index (χ2n) is 7.67. The van der Waals surface area contributed by atoms with Gasteiger partial charge in [-0.3, -0.25) is 4.79 Å². The summed E-state index contributed by atoms with van der Waals surface area (Å²) in [6.07, 6.45) is 3.94. The normalized spacial score (nSPS) is 32.0. The Hall–Kier alpha value is -2.31. The predicted octanol–water partition coefficient (Wildman–Crippen LogP) is 2.67. The van der Waals surface area contributed by atoms with Crippen molar-refractivity contribution in [3.05, 3.63) is 17.9 Å². The minimum Gasteiger partial charge on any atom is -0.478 e. The Labute approximate surface area is 144 Å². The van der Waals surface area contributed by atoms with Gasteiger partial charge in [-0.2, -0.15) is 0 Å². The zero-order valence-electron chi connectivity index (χ0n) is 13.8. The van der Waals surface area contributed by atoms with Crippen molar-refractivity contribution in [1.29, 1.82) is 0 Å². The molecule has 2 aliphatic heterocycles. The van der Waals surface area contributed by atoms with E-state index in [1.165, 1.54) is 31.4 Å². The number of fused-ring (bicyclic) bond motifs is 6. The summed E-state index contributed by atoms with van der Waals surface area (Å²) >= 11 is 0. The first-order chi connectivity index (χ1) is 12.1. The maximum Gasteiger partial charge on any atom is 0.321 e. The highest BCUT2D eigenvalue weighted by Gasteiger charge is 2.52. The summed E-state index contributed by atoms with van der Waals surface area (Å²) in [5.74, 6) is 1.92. The van der Waals surface area contributed by atoms with Crippen LogP contribution in [0.4, 0.5) is 20.6 Å². The molecular formula is C18H20FN3O3. The number of rotatable bonds is 1. The summed E-state index contributed by atoms with van der Waals surface area (Å²) in [7, 11) is 0. The number of nitrogens with zero attached hydrogens (tertiary/aromatic N) is 1. The van der Waals surface area contributed by atoms with E-state index in [9.17, 15) is 14.0 Å². The van der Waals surface area contributed by atoms with Gasteiger partial charge < -0.3 is 20.3 Å². The molecule has 7 heteroatoms. The molecule has 1 aromatic rings. The van der Waals surface area contributed by atoms with E-state index in [4.69, 9.17) is 4.74 Å². The van der Waals surface area contributed by atoms with E-state index in [2.05, 4.69) is 10.6 Å². The molecule has 3 fully saturated rings. The van der Waals surface area contributed by atoms with Gasteiger partial charge in [-0.25, -0.2) is 9.18 Å². The molecule has 4 atom stereocenters. The second kappa shape index (κ2) is 5.34. The largest absolute Gasteiger partial charge is 0.478 e. The van der Waals surface area contributed by atoms with Crippen LogP contribution in [-0.4, -0.2) is 36.5 Å². The van der Waals surface area contributed by atoms with E-state index in [0.29, 0.717) is 17.5 Å². The zero-order valence-corrected chi connectivity index (χ0v) is 13.8. The Morgan fingerprint density at radius 1 is 1.24 bits per heavy atom. The number of anilines is 2. The Morgan fingerprint density at radius 2 is 1.96 bits per heavy atom. The third-order valence-corrected chi connectivity index (χ3v) is 6.34. The highest BCUT2D eigenvalue weighted by molar-refractivity contribution is 5.97. The minimum atomic E-state index is -0.593. The van der Waals surface area contributed by atoms with Crippen molar-refractivity contribution < 1.29 is 18.7 Å². The van der Waals surface area contributed by atoms with Gasteiger partial charge in [-0.1, -0.05) is 0 Å². The lowest BCUT2D eigenvalue weighted by molar-refractivity contribution is -0.118. The molecule has 3 amide bonds. The number of urea groups is 1. The summed E-state index contributed by atoms with van der Waals surface area (Å²) in [6, 6.07) is 2.57. The zero-order chi connectivity index (χ0) is 17.1. The molecule has 2 bridgehead atoms. The van der Waals surface area contributed by atoms with Crippen molar-refractivity contribution in [3.63, 3.8) is 0 Å². The van der Waals surface area contributed by atoms with E-state index in [-0.39, 0.29) is 30.0 Å². The van der Waals surface area contributed by atoms with Crippen LogP contribution in [0.25, 0.3) is 0 Å². The van der Waals surface area contributed by atoms with Gasteiger partial charge in [0.2, 0.25) is 0 Å². The molecule has 2 saturated carbocycles. The van der Waals surface area contributed by atoms with Crippen LogP contribution in [0.3, 0.4) is 0 Å². The molecule has 0 spiro atoms. The molecule has 0 unspecified atom stereocenters. The molecule has 2 N–H and O–H groups in total. The van der Waals surface area contributed by atoms with Crippen LogP contribution in [0.5, 0.6) is 5.75 Å². The van der Waals surface area contributed by atoms with Gasteiger partial charge in [0.05, 0.1) is 5.69 Å². The van der Waals surface area contributed by atoms with E-state index in [1.54, 1.807) is 0 Å². The SMILES string of the molecule is O=C1COc2c(F)cc(NC(=O)N3C[C@@H]4[C@@H]5CC[C@@H](C5)[C@@H]4C3)cc2N1. The topological polar surface area (TPSA) is 70.7 Å². The summed E-state index contributed by atoms with van der Waals surface area (Å²) < 4.78 is 19.2. The Kier molecular flexibility index (Phi) is 3.20. The maximum absolute atomic E-state index is 14.1. The van der Waals surface area contributed by atoms with Gasteiger partial charge in [0.1, 0.15) is 0 Å². The van der Waals surface area contributed by atoms with Gasteiger partial charge in [0.15, 0.2) is 18.2 Å². The van der Waals surface area contributed by atoms with Crippen LogP contribution >= 0.6 is 0 Å². The molecule has 132 valence electrons. The third-order valence-electron chi connectivity index (χ3n) is 6.34. The predicted molar refractivity (Wildman–Crippen MR) is 88.9 cm³/mol. The molecule has 1 saturated heterocycles. The average Bonchev–Trinajstić information content (AvgIpc) is 3.27. The summed E-state index contributed by atoms with van der Waals surface area (Å²) in [5.41, 5.74) is 0.579. The molecule has 2 aliphatic carbocycles. The molecule has 0 radical (unpaired) electrons. The molecule has 4 aliphatic rings. The molecule has 1 aromatic carbocycles. The first-order valence-electron chi connectivity index (χ1n) is 8.90. The Morgan fingerprint density at radius 3 is 2.68 bits per heavy atom. The van der Waals surface area contributed by atoms with Crippen molar-refractivity contribution >= 4 is 23.3 Å². The fraction of sp³-hybridized carbons (Fsp3) is 0.556. The molecule has 6 nitrogen and oxygen atoms in total. The van der Waals surface area contributed by atoms with E-state index >= 15 is 0 Å². The maximum atomic E-state index is 14.1. The molecule has 0 aromatic heterocycles. The van der Waals surface area contributed by atoms with Crippen molar-refractivity contribution in [2.24, 2.45) is 23.7 Å². The third kappa shape index (κ3) is 2.36. The first kappa shape index (κ1) is 15.0. The van der Waals surface area contributed by atoms with E-state index in [0.717, 1.165) is 24.9 Å². The molecule has 5 rings (SSSR count). The number of ether oxygens (including phenoxy) is 1. The van der Waals surface area contributed by atoms with Crippen molar-refractivity contribution in [2.75, 3.05) is 30.3 Å². The van der Waals surface area contributed by atoms with Crippen LogP contribution < -0.4 is 15.4 Å². The highest BCUT2D eigenvalue weighted by atomic mass is 19.1. The van der Waals surface area contributed by atoms with Crippen LogP contribution in [0.1, 0.15) is 19.3 Å². The van der Waals surface area contributed by atoms with E-state index < -0.39 is 5.82 Å². The number of hydrogen-bond donors (Lipinski definition) is 2. The van der Waals surface area contributed by atoms with Crippen molar-refractivity contribution in [1.82, 2.24) is 4.90 Å². The first-order valence-corrected chi connectivity index (χ1v) is 8.90. The number of amides is 3. The molecule has 25 heavy (non-hydrogen) atoms. The van der Waals surface area contributed by atoms with E-state index in [1.807, 2.05) is 4.90 Å². The standard InChI is InChI=1S/C18H20FN3O3/c19-14-4-11(5-15-17(14)25-8-16(23)21-15)20-18(24)22-6-12-9-1-2-10(3-9)13(12)7-22/h4-5,9-10,12-13H,1-3,6-8H2,(H,20,24)(H,21,23)/t9-,10+,12-,13+. The minimum absolute atomic E-state index is 0.0184. The summed E-state index contributed by atoms with van der Waals surface area (Å²) in [5, 5.41) is 5.34. The average molecular weight is 345 g/mol. The van der Waals surface area contributed by atoms with Gasteiger partial charge in [-0.05, 0) is 49.0 Å². The molecule has 2 heterocycles. The lowest BCUT2D eigenvalue weighted by Gasteiger charge is -2.22. The number of carbonyl (C=O) groups excluding carboxylic acids is 2. The number of hydrogen-bond acceptors (Lipinski definition) is 3. The number of nitrogens with one attached hydrogen (secondary N) is 2.